The second kappa shape index (κ2) is 9.29. The van der Waals surface area contributed by atoms with E-state index in [1.807, 2.05) is 0 Å². The molecule has 1 atom stereocenters. The first kappa shape index (κ1) is 18.4. The van der Waals surface area contributed by atoms with E-state index in [4.69, 9.17) is 0 Å². The molecule has 0 saturated carbocycles. The molecule has 0 spiro atoms. The number of benzene rings is 2. The summed E-state index contributed by atoms with van der Waals surface area (Å²) in [5.74, 6) is 2.35. The molecule has 0 radical (unpaired) electrons. The molecule has 2 heterocycles. The Kier molecular flexibility index (Phi) is 6.33. The van der Waals surface area contributed by atoms with Crippen LogP contribution in [0.2, 0.25) is 0 Å². The Labute approximate surface area is 166 Å². The van der Waals surface area contributed by atoms with Gasteiger partial charge < -0.3 is 10.3 Å². The zero-order valence-corrected chi connectivity index (χ0v) is 16.6. The van der Waals surface area contributed by atoms with Crippen molar-refractivity contribution in [1.82, 2.24) is 10.3 Å². The number of aromatic amines is 1. The van der Waals surface area contributed by atoms with Crippen molar-refractivity contribution in [1.29, 1.82) is 0 Å². The minimum atomic E-state index is 0.629. The molecule has 1 aliphatic rings. The lowest BCUT2D eigenvalue weighted by molar-refractivity contribution is 0.483. The number of thioether (sulfide) groups is 1. The Bertz CT molecular complexity index is 882. The molecule has 140 valence electrons. The van der Waals surface area contributed by atoms with Crippen molar-refractivity contribution in [2.45, 2.75) is 37.5 Å². The lowest BCUT2D eigenvalue weighted by Crippen LogP contribution is -2.32. The smallest absolute Gasteiger partial charge is 0.0457 e. The molecular weight excluding hydrogens is 348 g/mol. The molecule has 4 rings (SSSR count). The molecule has 0 bridgehead atoms. The van der Waals surface area contributed by atoms with Crippen LogP contribution in [0.5, 0.6) is 0 Å². The maximum Gasteiger partial charge on any atom is 0.0457 e. The van der Waals surface area contributed by atoms with Crippen LogP contribution in [0.1, 0.15) is 36.8 Å². The van der Waals surface area contributed by atoms with Gasteiger partial charge in [0, 0.05) is 35.4 Å². The van der Waals surface area contributed by atoms with E-state index in [2.05, 4.69) is 88.9 Å². The van der Waals surface area contributed by atoms with Gasteiger partial charge in [0.25, 0.3) is 0 Å². The fourth-order valence-electron chi connectivity index (χ4n) is 3.89. The van der Waals surface area contributed by atoms with Crippen LogP contribution in [0.25, 0.3) is 16.5 Å². The van der Waals surface area contributed by atoms with E-state index >= 15 is 0 Å². The largest absolute Gasteiger partial charge is 0.361 e. The van der Waals surface area contributed by atoms with Crippen molar-refractivity contribution in [3.63, 3.8) is 0 Å². The molecule has 3 heteroatoms. The highest BCUT2D eigenvalue weighted by Gasteiger charge is 2.15. The first-order valence-corrected chi connectivity index (χ1v) is 11.2. The molecule has 2 aromatic carbocycles. The Morgan fingerprint density at radius 1 is 0.963 bits per heavy atom. The lowest BCUT2D eigenvalue weighted by atomic mass is 9.93. The number of unbranched alkanes of at least 4 members (excludes halogenated alkanes) is 1. The van der Waals surface area contributed by atoms with Crippen LogP contribution in [0, 0.1) is 0 Å². The Morgan fingerprint density at radius 3 is 2.74 bits per heavy atom. The Hall–Kier alpha value is -1.97. The molecule has 0 saturated heterocycles. The molecule has 0 aliphatic carbocycles. The standard InChI is InChI=1S/C24H28N2S/c1-2-8-19(9-3-1)20-13-14-25-22(16-20)10-6-7-15-27-18-21-17-26-24-12-5-4-11-23(21)24/h1-5,8-9,11-13,17,22,25-26H,6-7,10,14-16,18H2. The van der Waals surface area contributed by atoms with Crippen molar-refractivity contribution >= 4 is 28.2 Å². The van der Waals surface area contributed by atoms with Gasteiger partial charge in [-0.1, -0.05) is 61.0 Å². The third-order valence-electron chi connectivity index (χ3n) is 5.39. The maximum atomic E-state index is 3.66. The number of nitrogens with one attached hydrogen (secondary N) is 2. The van der Waals surface area contributed by atoms with E-state index in [-0.39, 0.29) is 0 Å². The monoisotopic (exact) mass is 376 g/mol. The highest BCUT2D eigenvalue weighted by atomic mass is 32.2. The van der Waals surface area contributed by atoms with Crippen molar-refractivity contribution in [3.05, 3.63) is 78.0 Å². The van der Waals surface area contributed by atoms with Gasteiger partial charge in [0.1, 0.15) is 0 Å². The Balaban J connectivity index is 1.16. The molecule has 1 aromatic heterocycles. The van der Waals surface area contributed by atoms with E-state index in [9.17, 15) is 0 Å². The van der Waals surface area contributed by atoms with E-state index in [1.165, 1.54) is 52.6 Å². The fraction of sp³-hybridized carbons (Fsp3) is 0.333. The molecule has 1 unspecified atom stereocenters. The zero-order chi connectivity index (χ0) is 18.3. The summed E-state index contributed by atoms with van der Waals surface area (Å²) in [5.41, 5.74) is 5.58. The van der Waals surface area contributed by atoms with Crippen LogP contribution < -0.4 is 5.32 Å². The number of H-pyrrole nitrogens is 1. The lowest BCUT2D eigenvalue weighted by Gasteiger charge is -2.24. The summed E-state index contributed by atoms with van der Waals surface area (Å²) in [6, 6.07) is 20.0. The quantitative estimate of drug-likeness (QED) is 0.471. The Morgan fingerprint density at radius 2 is 1.81 bits per heavy atom. The number of rotatable bonds is 8. The number of aromatic nitrogens is 1. The van der Waals surface area contributed by atoms with Crippen molar-refractivity contribution in [2.75, 3.05) is 12.3 Å². The second-order valence-electron chi connectivity index (χ2n) is 7.31. The molecule has 1 aliphatic heterocycles. The van der Waals surface area contributed by atoms with Crippen LogP contribution in [0.4, 0.5) is 0 Å². The number of para-hydroxylation sites is 1. The highest BCUT2D eigenvalue weighted by Crippen LogP contribution is 2.25. The minimum Gasteiger partial charge on any atom is -0.361 e. The first-order chi connectivity index (χ1) is 13.4. The molecular formula is C24H28N2S. The average molecular weight is 377 g/mol. The summed E-state index contributed by atoms with van der Waals surface area (Å²) in [4.78, 5) is 3.37. The van der Waals surface area contributed by atoms with Crippen LogP contribution in [0.15, 0.2) is 66.9 Å². The highest BCUT2D eigenvalue weighted by molar-refractivity contribution is 7.98. The number of fused-ring (bicyclic) bond motifs is 1. The van der Waals surface area contributed by atoms with E-state index in [0.717, 1.165) is 18.7 Å². The average Bonchev–Trinajstić information content (AvgIpc) is 3.15. The summed E-state index contributed by atoms with van der Waals surface area (Å²) >= 11 is 2.06. The number of hydrogen-bond acceptors (Lipinski definition) is 2. The second-order valence-corrected chi connectivity index (χ2v) is 8.42. The summed E-state index contributed by atoms with van der Waals surface area (Å²) in [6.45, 7) is 1.00. The van der Waals surface area contributed by atoms with Crippen LogP contribution in [0.3, 0.4) is 0 Å². The predicted molar refractivity (Wildman–Crippen MR) is 119 cm³/mol. The molecule has 2 nitrogen and oxygen atoms in total. The normalized spacial score (nSPS) is 17.2. The SMILES string of the molecule is C1=C(c2ccccc2)CC(CCCCSCc2c[nH]c3ccccc23)NC1. The van der Waals surface area contributed by atoms with Gasteiger partial charge in [-0.05, 0) is 47.8 Å². The maximum absolute atomic E-state index is 3.66. The summed E-state index contributed by atoms with van der Waals surface area (Å²) in [6.07, 6.45) is 9.56. The molecule has 3 aromatic rings. The van der Waals surface area contributed by atoms with Crippen LogP contribution >= 0.6 is 11.8 Å². The first-order valence-electron chi connectivity index (χ1n) is 10.0. The summed E-state index contributed by atoms with van der Waals surface area (Å²) in [5, 5.41) is 5.04. The van der Waals surface area contributed by atoms with Crippen molar-refractivity contribution < 1.29 is 0 Å². The predicted octanol–water partition coefficient (Wildman–Crippen LogP) is 6.02. The van der Waals surface area contributed by atoms with E-state index < -0.39 is 0 Å². The van der Waals surface area contributed by atoms with Gasteiger partial charge in [0.2, 0.25) is 0 Å². The summed E-state index contributed by atoms with van der Waals surface area (Å²) < 4.78 is 0. The van der Waals surface area contributed by atoms with Gasteiger partial charge >= 0.3 is 0 Å². The van der Waals surface area contributed by atoms with Crippen molar-refractivity contribution in [3.8, 4) is 0 Å². The van der Waals surface area contributed by atoms with Gasteiger partial charge in [-0.2, -0.15) is 11.8 Å². The fourth-order valence-corrected chi connectivity index (χ4v) is 4.90. The molecule has 0 amide bonds. The molecule has 0 fully saturated rings. The third-order valence-corrected chi connectivity index (χ3v) is 6.48. The zero-order valence-electron chi connectivity index (χ0n) is 15.8. The minimum absolute atomic E-state index is 0.629. The van der Waals surface area contributed by atoms with Crippen molar-refractivity contribution in [2.24, 2.45) is 0 Å². The van der Waals surface area contributed by atoms with Gasteiger partial charge in [-0.3, -0.25) is 0 Å². The van der Waals surface area contributed by atoms with Gasteiger partial charge in [-0.25, -0.2) is 0 Å². The van der Waals surface area contributed by atoms with Crippen LogP contribution in [-0.4, -0.2) is 23.3 Å². The van der Waals surface area contributed by atoms with Gasteiger partial charge in [0.15, 0.2) is 0 Å². The number of hydrogen-bond donors (Lipinski definition) is 2. The topological polar surface area (TPSA) is 27.8 Å². The van der Waals surface area contributed by atoms with Gasteiger partial charge in [0.05, 0.1) is 0 Å². The molecule has 27 heavy (non-hydrogen) atoms. The molecule has 2 N–H and O–H groups in total. The van der Waals surface area contributed by atoms with E-state index in [0.29, 0.717) is 6.04 Å². The third kappa shape index (κ3) is 4.85. The van der Waals surface area contributed by atoms with E-state index in [1.54, 1.807) is 0 Å². The summed E-state index contributed by atoms with van der Waals surface area (Å²) in [7, 11) is 0. The van der Waals surface area contributed by atoms with Gasteiger partial charge in [-0.15, -0.1) is 0 Å². The van der Waals surface area contributed by atoms with Crippen LogP contribution in [-0.2, 0) is 5.75 Å².